The molecule has 31 heavy (non-hydrogen) atoms. The molecule has 2 N–H and O–H groups in total. The Kier molecular flexibility index (Phi) is 6.75. The molecule has 4 rings (SSSR count). The van der Waals surface area contributed by atoms with E-state index in [0.717, 1.165) is 48.9 Å². The van der Waals surface area contributed by atoms with Gasteiger partial charge >= 0.3 is 0 Å². The van der Waals surface area contributed by atoms with Crippen LogP contribution in [0.15, 0.2) is 11.6 Å². The molecule has 2 nitrogen and oxygen atoms in total. The van der Waals surface area contributed by atoms with Crippen molar-refractivity contribution in [3.8, 4) is 0 Å². The van der Waals surface area contributed by atoms with Crippen molar-refractivity contribution in [1.82, 2.24) is 0 Å². The number of aliphatic hydroxyl groups excluding tert-OH is 2. The van der Waals surface area contributed by atoms with Crippen molar-refractivity contribution in [2.45, 2.75) is 118 Å². The van der Waals surface area contributed by atoms with Gasteiger partial charge in [0.1, 0.15) is 0 Å². The average molecular weight is 431 g/mol. The summed E-state index contributed by atoms with van der Waals surface area (Å²) in [6.45, 7) is 14.8. The second kappa shape index (κ2) is 8.79. The first-order chi connectivity index (χ1) is 14.6. The molecule has 2 unspecified atom stereocenters. The van der Waals surface area contributed by atoms with Gasteiger partial charge in [0.05, 0.1) is 12.2 Å². The molecule has 0 spiro atoms. The highest BCUT2D eigenvalue weighted by molar-refractivity contribution is 5.29. The zero-order valence-corrected chi connectivity index (χ0v) is 21.2. The first kappa shape index (κ1) is 23.8. The summed E-state index contributed by atoms with van der Waals surface area (Å²) in [5, 5.41) is 21.4. The van der Waals surface area contributed by atoms with E-state index in [2.05, 4.69) is 41.5 Å². The van der Waals surface area contributed by atoms with E-state index in [1.54, 1.807) is 0 Å². The zero-order chi connectivity index (χ0) is 22.6. The van der Waals surface area contributed by atoms with Gasteiger partial charge in [-0.05, 0) is 109 Å². The predicted molar refractivity (Wildman–Crippen MR) is 130 cm³/mol. The van der Waals surface area contributed by atoms with E-state index >= 15 is 0 Å². The summed E-state index contributed by atoms with van der Waals surface area (Å²) < 4.78 is 0. The molecule has 0 aliphatic heterocycles. The van der Waals surface area contributed by atoms with E-state index in [-0.39, 0.29) is 17.6 Å². The topological polar surface area (TPSA) is 40.5 Å². The maximum atomic E-state index is 11.2. The van der Waals surface area contributed by atoms with E-state index in [9.17, 15) is 10.2 Å². The van der Waals surface area contributed by atoms with Gasteiger partial charge < -0.3 is 10.2 Å². The van der Waals surface area contributed by atoms with Crippen LogP contribution in [-0.4, -0.2) is 22.4 Å². The van der Waals surface area contributed by atoms with Gasteiger partial charge in [-0.15, -0.1) is 0 Å². The van der Waals surface area contributed by atoms with E-state index < -0.39 is 0 Å². The van der Waals surface area contributed by atoms with Crippen LogP contribution in [0.2, 0.25) is 0 Å². The van der Waals surface area contributed by atoms with Crippen LogP contribution < -0.4 is 0 Å². The minimum Gasteiger partial charge on any atom is -0.389 e. The smallest absolute Gasteiger partial charge is 0.0759 e. The second-order valence-electron chi connectivity index (χ2n) is 13.0. The lowest BCUT2D eigenvalue weighted by atomic mass is 9.46. The normalized spacial score (nSPS) is 46.7. The Morgan fingerprint density at radius 1 is 0.968 bits per heavy atom. The Balaban J connectivity index is 1.50. The van der Waals surface area contributed by atoms with Crippen molar-refractivity contribution in [2.75, 3.05) is 0 Å². The largest absolute Gasteiger partial charge is 0.389 e. The summed E-state index contributed by atoms with van der Waals surface area (Å²) in [7, 11) is 0. The third kappa shape index (κ3) is 3.96. The van der Waals surface area contributed by atoms with Crippen molar-refractivity contribution in [2.24, 2.45) is 52.3 Å². The summed E-state index contributed by atoms with van der Waals surface area (Å²) in [6.07, 6.45) is 13.8. The molecule has 0 aromatic carbocycles. The molecule has 3 saturated carbocycles. The first-order valence-electron chi connectivity index (χ1n) is 13.7. The standard InChI is InChI=1S/C29H50O2/c1-7-20(18(2)3)9-8-19(4)23-10-11-24-22-17-27(31)26-16-21(30)12-14-29(26,6)25(22)13-15-28(23,24)5/h16,18-25,27,30-31H,7-15,17H2,1-6H3/t19-,20-,21?,22+,23-,24+,25+,27?,28-,29-/m1/s1. The molecule has 0 bridgehead atoms. The van der Waals surface area contributed by atoms with E-state index in [0.29, 0.717) is 17.3 Å². The second-order valence-corrected chi connectivity index (χ2v) is 13.0. The van der Waals surface area contributed by atoms with Crippen molar-refractivity contribution >= 4 is 0 Å². The molecule has 4 aliphatic carbocycles. The average Bonchev–Trinajstić information content (AvgIpc) is 3.07. The molecule has 178 valence electrons. The van der Waals surface area contributed by atoms with E-state index in [1.165, 1.54) is 50.5 Å². The lowest BCUT2D eigenvalue weighted by Crippen LogP contribution is -2.54. The molecular formula is C29H50O2. The molecular weight excluding hydrogens is 380 g/mol. The molecule has 3 fully saturated rings. The van der Waals surface area contributed by atoms with Crippen LogP contribution in [0.4, 0.5) is 0 Å². The number of hydrogen-bond donors (Lipinski definition) is 2. The van der Waals surface area contributed by atoms with Crippen LogP contribution in [0.1, 0.15) is 106 Å². The molecule has 10 atom stereocenters. The van der Waals surface area contributed by atoms with Crippen molar-refractivity contribution in [3.05, 3.63) is 11.6 Å². The number of hydrogen-bond acceptors (Lipinski definition) is 2. The minimum atomic E-state index is -0.349. The first-order valence-corrected chi connectivity index (χ1v) is 13.7. The number of aliphatic hydroxyl groups is 2. The summed E-state index contributed by atoms with van der Waals surface area (Å²) in [4.78, 5) is 0. The van der Waals surface area contributed by atoms with Crippen LogP contribution in [0.3, 0.4) is 0 Å². The predicted octanol–water partition coefficient (Wildman–Crippen LogP) is 7.00. The van der Waals surface area contributed by atoms with Gasteiger partial charge in [-0.3, -0.25) is 0 Å². The van der Waals surface area contributed by atoms with Gasteiger partial charge in [0.25, 0.3) is 0 Å². The van der Waals surface area contributed by atoms with Gasteiger partial charge in [-0.2, -0.15) is 0 Å². The molecule has 0 heterocycles. The fourth-order valence-corrected chi connectivity index (χ4v) is 9.42. The summed E-state index contributed by atoms with van der Waals surface area (Å²) in [6, 6.07) is 0. The van der Waals surface area contributed by atoms with Crippen LogP contribution in [0, 0.1) is 52.3 Å². The van der Waals surface area contributed by atoms with Crippen LogP contribution in [0.5, 0.6) is 0 Å². The molecule has 0 aromatic heterocycles. The molecule has 0 amide bonds. The molecule has 4 aliphatic rings. The maximum Gasteiger partial charge on any atom is 0.0759 e. The Labute approximate surface area is 192 Å². The third-order valence-electron chi connectivity index (χ3n) is 11.3. The molecule has 0 aromatic rings. The molecule has 2 heteroatoms. The third-order valence-corrected chi connectivity index (χ3v) is 11.3. The number of fused-ring (bicyclic) bond motifs is 5. The van der Waals surface area contributed by atoms with Gasteiger partial charge in [0.2, 0.25) is 0 Å². The maximum absolute atomic E-state index is 11.2. The zero-order valence-electron chi connectivity index (χ0n) is 21.2. The van der Waals surface area contributed by atoms with Gasteiger partial charge in [0.15, 0.2) is 0 Å². The van der Waals surface area contributed by atoms with Crippen LogP contribution in [-0.2, 0) is 0 Å². The van der Waals surface area contributed by atoms with E-state index in [4.69, 9.17) is 0 Å². The lowest BCUT2D eigenvalue weighted by molar-refractivity contribution is -0.0875. The lowest BCUT2D eigenvalue weighted by Gasteiger charge is -2.60. The fraction of sp³-hybridized carbons (Fsp3) is 0.931. The van der Waals surface area contributed by atoms with Crippen LogP contribution >= 0.6 is 0 Å². The Bertz CT molecular complexity index is 668. The Morgan fingerprint density at radius 2 is 1.71 bits per heavy atom. The quantitative estimate of drug-likeness (QED) is 0.446. The van der Waals surface area contributed by atoms with Crippen molar-refractivity contribution < 1.29 is 10.2 Å². The summed E-state index contributed by atoms with van der Waals surface area (Å²) >= 11 is 0. The molecule has 0 saturated heterocycles. The van der Waals surface area contributed by atoms with Crippen molar-refractivity contribution in [1.29, 1.82) is 0 Å². The Hall–Kier alpha value is -0.340. The number of rotatable bonds is 6. The van der Waals surface area contributed by atoms with Gasteiger partial charge in [0, 0.05) is 0 Å². The minimum absolute atomic E-state index is 0.109. The fourth-order valence-electron chi connectivity index (χ4n) is 9.42. The SMILES string of the molecule is CC[C@H](CC[C@@H](C)[C@H]1CC[C@H]2[C@@H]3CC(O)C4=CC(O)CC[C@]4(C)[C@H]3CC[C@]12C)C(C)C. The van der Waals surface area contributed by atoms with E-state index in [1.807, 2.05) is 6.08 Å². The highest BCUT2D eigenvalue weighted by Gasteiger charge is 2.60. The summed E-state index contributed by atoms with van der Waals surface area (Å²) in [5.74, 6) is 5.52. The summed E-state index contributed by atoms with van der Waals surface area (Å²) in [5.41, 5.74) is 1.75. The molecule has 0 radical (unpaired) electrons. The monoisotopic (exact) mass is 430 g/mol. The van der Waals surface area contributed by atoms with Crippen molar-refractivity contribution in [3.63, 3.8) is 0 Å². The highest BCUT2D eigenvalue weighted by atomic mass is 16.3. The highest BCUT2D eigenvalue weighted by Crippen LogP contribution is 2.67. The Morgan fingerprint density at radius 3 is 2.39 bits per heavy atom. The van der Waals surface area contributed by atoms with Gasteiger partial charge in [-0.25, -0.2) is 0 Å². The van der Waals surface area contributed by atoms with Crippen LogP contribution in [0.25, 0.3) is 0 Å². The van der Waals surface area contributed by atoms with Gasteiger partial charge in [-0.1, -0.05) is 60.5 Å².